The maximum Gasteiger partial charge on any atom is 0.391 e. The predicted octanol–water partition coefficient (Wildman–Crippen LogP) is 3.50. The minimum Gasteiger partial charge on any atom is -0.480 e. The first-order chi connectivity index (χ1) is 10.6. The van der Waals surface area contributed by atoms with Crippen molar-refractivity contribution in [2.24, 2.45) is 17.8 Å². The lowest BCUT2D eigenvalue weighted by atomic mass is 9.75. The lowest BCUT2D eigenvalue weighted by molar-refractivity contribution is -0.186. The predicted molar refractivity (Wildman–Crippen MR) is 77.6 cm³/mol. The Balaban J connectivity index is 2.03. The fraction of sp³-hybridized carbons (Fsp3) is 0.875. The zero-order chi connectivity index (χ0) is 17.3. The van der Waals surface area contributed by atoms with Crippen molar-refractivity contribution in [3.63, 3.8) is 0 Å². The SMILES string of the molecule is CC1CCC(NC(=O)C2CCCC(C(F)(F)F)C2)(C(=O)O)CC1. The molecule has 2 atom stereocenters. The van der Waals surface area contributed by atoms with Crippen molar-refractivity contribution in [3.8, 4) is 0 Å². The number of carboxylic acid groups (broad SMARTS) is 1. The smallest absolute Gasteiger partial charge is 0.391 e. The van der Waals surface area contributed by atoms with Gasteiger partial charge in [-0.2, -0.15) is 13.2 Å². The average Bonchev–Trinajstić information content (AvgIpc) is 2.49. The van der Waals surface area contributed by atoms with Crippen LogP contribution < -0.4 is 5.32 Å². The number of alkyl halides is 3. The third kappa shape index (κ3) is 4.18. The number of halogens is 3. The van der Waals surface area contributed by atoms with Gasteiger partial charge in [-0.25, -0.2) is 4.79 Å². The first-order valence-corrected chi connectivity index (χ1v) is 8.26. The summed E-state index contributed by atoms with van der Waals surface area (Å²) in [5.74, 6) is -3.41. The Bertz CT molecular complexity index is 456. The molecule has 0 spiro atoms. The molecule has 0 bridgehead atoms. The van der Waals surface area contributed by atoms with E-state index < -0.39 is 35.4 Å². The number of nitrogens with one attached hydrogen (secondary N) is 1. The first-order valence-electron chi connectivity index (χ1n) is 8.26. The van der Waals surface area contributed by atoms with Gasteiger partial charge >= 0.3 is 12.1 Å². The topological polar surface area (TPSA) is 66.4 Å². The highest BCUT2D eigenvalue weighted by Crippen LogP contribution is 2.40. The largest absolute Gasteiger partial charge is 0.480 e. The summed E-state index contributed by atoms with van der Waals surface area (Å²) in [5.41, 5.74) is -1.31. The van der Waals surface area contributed by atoms with E-state index in [4.69, 9.17) is 0 Å². The van der Waals surface area contributed by atoms with E-state index in [1.165, 1.54) is 0 Å². The second-order valence-corrected chi connectivity index (χ2v) is 7.16. The number of amides is 1. The summed E-state index contributed by atoms with van der Waals surface area (Å²) in [6.07, 6.45) is -1.66. The number of aliphatic carboxylic acids is 1. The Labute approximate surface area is 133 Å². The highest BCUT2D eigenvalue weighted by Gasteiger charge is 2.47. The average molecular weight is 335 g/mol. The van der Waals surface area contributed by atoms with E-state index >= 15 is 0 Å². The number of hydrogen-bond acceptors (Lipinski definition) is 2. The fourth-order valence-electron chi connectivity index (χ4n) is 3.71. The van der Waals surface area contributed by atoms with Crippen molar-refractivity contribution in [1.82, 2.24) is 5.32 Å². The zero-order valence-corrected chi connectivity index (χ0v) is 13.3. The molecule has 23 heavy (non-hydrogen) atoms. The second-order valence-electron chi connectivity index (χ2n) is 7.16. The fourth-order valence-corrected chi connectivity index (χ4v) is 3.71. The Hall–Kier alpha value is -1.27. The standard InChI is InChI=1S/C16H24F3NO3/c1-10-5-7-15(8-6-10,14(22)23)20-13(21)11-3-2-4-12(9-11)16(17,18)19/h10-12H,2-9H2,1H3,(H,20,21)(H,22,23). The van der Waals surface area contributed by atoms with Crippen molar-refractivity contribution < 1.29 is 27.9 Å². The minimum absolute atomic E-state index is 0.0505. The molecule has 0 heterocycles. The van der Waals surface area contributed by atoms with Gasteiger partial charge in [0.25, 0.3) is 0 Å². The molecular weight excluding hydrogens is 311 g/mol. The molecule has 2 fully saturated rings. The summed E-state index contributed by atoms with van der Waals surface area (Å²) in [6, 6.07) is 0. The van der Waals surface area contributed by atoms with Crippen LogP contribution in [0.1, 0.15) is 58.3 Å². The van der Waals surface area contributed by atoms with Crippen molar-refractivity contribution in [1.29, 1.82) is 0 Å². The first kappa shape index (κ1) is 18.1. The summed E-state index contributed by atoms with van der Waals surface area (Å²) in [5, 5.41) is 12.1. The van der Waals surface area contributed by atoms with Crippen LogP contribution in [-0.2, 0) is 9.59 Å². The normalized spacial score (nSPS) is 35.6. The molecule has 1 amide bonds. The Morgan fingerprint density at radius 1 is 1.13 bits per heavy atom. The highest BCUT2D eigenvalue weighted by atomic mass is 19.4. The van der Waals surface area contributed by atoms with Crippen LogP contribution in [0.4, 0.5) is 13.2 Å². The molecule has 0 aromatic heterocycles. The third-order valence-corrected chi connectivity index (χ3v) is 5.41. The van der Waals surface area contributed by atoms with Gasteiger partial charge in [0.15, 0.2) is 0 Å². The van der Waals surface area contributed by atoms with E-state index in [0.29, 0.717) is 44.4 Å². The van der Waals surface area contributed by atoms with Crippen LogP contribution in [-0.4, -0.2) is 28.7 Å². The van der Waals surface area contributed by atoms with E-state index in [9.17, 15) is 27.9 Å². The molecule has 2 unspecified atom stereocenters. The van der Waals surface area contributed by atoms with Crippen LogP contribution in [0.5, 0.6) is 0 Å². The van der Waals surface area contributed by atoms with Gasteiger partial charge in [-0.05, 0) is 50.9 Å². The second kappa shape index (κ2) is 6.69. The molecule has 132 valence electrons. The lowest BCUT2D eigenvalue weighted by Crippen LogP contribution is -2.57. The van der Waals surface area contributed by atoms with Crippen LogP contribution in [0.15, 0.2) is 0 Å². The molecule has 0 aliphatic heterocycles. The monoisotopic (exact) mass is 335 g/mol. The van der Waals surface area contributed by atoms with Crippen LogP contribution in [0.25, 0.3) is 0 Å². The summed E-state index contributed by atoms with van der Waals surface area (Å²) >= 11 is 0. The number of carbonyl (C=O) groups is 2. The molecule has 7 heteroatoms. The molecule has 0 aromatic carbocycles. The Morgan fingerprint density at radius 2 is 1.74 bits per heavy atom. The molecule has 2 aliphatic rings. The zero-order valence-electron chi connectivity index (χ0n) is 13.3. The van der Waals surface area contributed by atoms with Crippen molar-refractivity contribution in [3.05, 3.63) is 0 Å². The van der Waals surface area contributed by atoms with Gasteiger partial charge in [-0.3, -0.25) is 4.79 Å². The maximum atomic E-state index is 12.9. The molecule has 0 saturated heterocycles. The summed E-state index contributed by atoms with van der Waals surface area (Å²) in [6.45, 7) is 2.03. The molecule has 0 radical (unpaired) electrons. The molecule has 2 rings (SSSR count). The van der Waals surface area contributed by atoms with Crippen LogP contribution in [0, 0.1) is 17.8 Å². The Kier molecular flexibility index (Phi) is 5.26. The van der Waals surface area contributed by atoms with Crippen LogP contribution >= 0.6 is 0 Å². The number of hydrogen-bond donors (Lipinski definition) is 2. The van der Waals surface area contributed by atoms with Crippen molar-refractivity contribution in [2.45, 2.75) is 70.0 Å². The maximum absolute atomic E-state index is 12.9. The summed E-state index contributed by atoms with van der Waals surface area (Å²) < 4.78 is 38.6. The number of rotatable bonds is 3. The van der Waals surface area contributed by atoms with E-state index in [1.54, 1.807) is 0 Å². The molecular formula is C16H24F3NO3. The minimum atomic E-state index is -4.29. The highest BCUT2D eigenvalue weighted by molar-refractivity contribution is 5.88. The van der Waals surface area contributed by atoms with Gasteiger partial charge in [-0.15, -0.1) is 0 Å². The van der Waals surface area contributed by atoms with E-state index in [-0.39, 0.29) is 12.8 Å². The third-order valence-electron chi connectivity index (χ3n) is 5.41. The molecule has 2 N–H and O–H groups in total. The molecule has 2 saturated carbocycles. The van der Waals surface area contributed by atoms with E-state index in [1.807, 2.05) is 6.92 Å². The van der Waals surface area contributed by atoms with E-state index in [2.05, 4.69) is 5.32 Å². The van der Waals surface area contributed by atoms with Gasteiger partial charge in [-0.1, -0.05) is 13.3 Å². The summed E-state index contributed by atoms with van der Waals surface area (Å²) in [7, 11) is 0. The van der Waals surface area contributed by atoms with Gasteiger partial charge in [0, 0.05) is 5.92 Å². The summed E-state index contributed by atoms with van der Waals surface area (Å²) in [4.78, 5) is 24.0. The van der Waals surface area contributed by atoms with E-state index in [0.717, 1.165) is 0 Å². The van der Waals surface area contributed by atoms with Gasteiger partial charge in [0.2, 0.25) is 5.91 Å². The Morgan fingerprint density at radius 3 is 2.26 bits per heavy atom. The quantitative estimate of drug-likeness (QED) is 0.829. The molecule has 0 aromatic rings. The van der Waals surface area contributed by atoms with Crippen LogP contribution in [0.3, 0.4) is 0 Å². The molecule has 4 nitrogen and oxygen atoms in total. The molecule has 2 aliphatic carbocycles. The van der Waals surface area contributed by atoms with Gasteiger partial charge in [0.1, 0.15) is 5.54 Å². The lowest BCUT2D eigenvalue weighted by Gasteiger charge is -2.38. The van der Waals surface area contributed by atoms with Gasteiger partial charge < -0.3 is 10.4 Å². The van der Waals surface area contributed by atoms with Crippen molar-refractivity contribution >= 4 is 11.9 Å². The van der Waals surface area contributed by atoms with Crippen LogP contribution in [0.2, 0.25) is 0 Å². The number of carbonyl (C=O) groups excluding carboxylic acids is 1. The van der Waals surface area contributed by atoms with Gasteiger partial charge in [0.05, 0.1) is 5.92 Å². The van der Waals surface area contributed by atoms with Crippen molar-refractivity contribution in [2.75, 3.05) is 0 Å². The number of carboxylic acids is 1.